The summed E-state index contributed by atoms with van der Waals surface area (Å²) in [7, 11) is 0. The standard InChI is InChI=1S/C12H20O4/c1-7(11(3,4)9(13)14)8(2)12(5,6)10(15)16/h1-6H3,(H,13,14)(H,15,16). The average molecular weight is 228 g/mol. The van der Waals surface area contributed by atoms with Crippen LogP contribution in [0.3, 0.4) is 0 Å². The maximum Gasteiger partial charge on any atom is 0.313 e. The summed E-state index contributed by atoms with van der Waals surface area (Å²) in [6.07, 6.45) is 0. The first-order chi connectivity index (χ1) is 6.95. The van der Waals surface area contributed by atoms with Gasteiger partial charge >= 0.3 is 11.9 Å². The quantitative estimate of drug-likeness (QED) is 0.725. The minimum Gasteiger partial charge on any atom is -0.481 e. The molecule has 4 nitrogen and oxygen atoms in total. The average Bonchev–Trinajstić information content (AvgIpc) is 2.14. The molecule has 92 valence electrons. The van der Waals surface area contributed by atoms with Crippen molar-refractivity contribution >= 4 is 11.9 Å². The molecule has 0 aliphatic carbocycles. The Kier molecular flexibility index (Phi) is 3.92. The van der Waals surface area contributed by atoms with Gasteiger partial charge in [0.05, 0.1) is 10.8 Å². The van der Waals surface area contributed by atoms with E-state index in [1.54, 1.807) is 41.5 Å². The molecule has 0 saturated heterocycles. The van der Waals surface area contributed by atoms with E-state index in [1.165, 1.54) is 0 Å². The van der Waals surface area contributed by atoms with E-state index in [-0.39, 0.29) is 0 Å². The molecular formula is C12H20O4. The Morgan fingerprint density at radius 2 is 0.938 bits per heavy atom. The summed E-state index contributed by atoms with van der Waals surface area (Å²) in [6.45, 7) is 9.65. The Bertz CT molecular complexity index is 314. The Labute approximate surface area is 96.0 Å². The van der Waals surface area contributed by atoms with Crippen LogP contribution in [-0.4, -0.2) is 22.2 Å². The van der Waals surface area contributed by atoms with E-state index in [0.29, 0.717) is 11.1 Å². The zero-order valence-electron chi connectivity index (χ0n) is 10.7. The molecule has 0 aliphatic heterocycles. The van der Waals surface area contributed by atoms with Gasteiger partial charge in [-0.2, -0.15) is 0 Å². The SMILES string of the molecule is CC(=C(C)C(C)(C)C(=O)O)C(C)(C)C(=O)O. The molecule has 2 N–H and O–H groups in total. The molecule has 0 aromatic heterocycles. The van der Waals surface area contributed by atoms with Crippen molar-refractivity contribution in [2.45, 2.75) is 41.5 Å². The lowest BCUT2D eigenvalue weighted by Gasteiger charge is -2.29. The fourth-order valence-corrected chi connectivity index (χ4v) is 1.26. The highest BCUT2D eigenvalue weighted by Crippen LogP contribution is 2.36. The van der Waals surface area contributed by atoms with E-state index in [4.69, 9.17) is 10.2 Å². The minimum absolute atomic E-state index is 0.590. The normalized spacial score (nSPS) is 14.4. The summed E-state index contributed by atoms with van der Waals surface area (Å²) in [6, 6.07) is 0. The lowest BCUT2D eigenvalue weighted by atomic mass is 9.74. The molecule has 0 aromatic carbocycles. The second-order valence-corrected chi connectivity index (χ2v) is 5.11. The van der Waals surface area contributed by atoms with Crippen LogP contribution in [0.1, 0.15) is 41.5 Å². The maximum atomic E-state index is 11.1. The van der Waals surface area contributed by atoms with Gasteiger partial charge in [-0.3, -0.25) is 9.59 Å². The van der Waals surface area contributed by atoms with Crippen LogP contribution >= 0.6 is 0 Å². The lowest BCUT2D eigenvalue weighted by molar-refractivity contribution is -0.146. The van der Waals surface area contributed by atoms with E-state index >= 15 is 0 Å². The second kappa shape index (κ2) is 4.28. The molecule has 0 spiro atoms. The zero-order valence-corrected chi connectivity index (χ0v) is 10.7. The third-order valence-electron chi connectivity index (χ3n) is 3.51. The fraction of sp³-hybridized carbons (Fsp3) is 0.667. The Balaban J connectivity index is 5.61. The van der Waals surface area contributed by atoms with Crippen molar-refractivity contribution < 1.29 is 19.8 Å². The first-order valence-electron chi connectivity index (χ1n) is 5.11. The van der Waals surface area contributed by atoms with E-state index < -0.39 is 22.8 Å². The highest BCUT2D eigenvalue weighted by Gasteiger charge is 2.37. The summed E-state index contributed by atoms with van der Waals surface area (Å²) < 4.78 is 0. The summed E-state index contributed by atoms with van der Waals surface area (Å²) >= 11 is 0. The van der Waals surface area contributed by atoms with E-state index in [2.05, 4.69) is 0 Å². The zero-order chi connectivity index (χ0) is 13.3. The molecule has 16 heavy (non-hydrogen) atoms. The number of carboxylic acids is 2. The van der Waals surface area contributed by atoms with Crippen LogP contribution in [0.5, 0.6) is 0 Å². The number of rotatable bonds is 4. The van der Waals surface area contributed by atoms with Crippen molar-refractivity contribution in [1.29, 1.82) is 0 Å². The van der Waals surface area contributed by atoms with Crippen molar-refractivity contribution in [3.8, 4) is 0 Å². The first-order valence-corrected chi connectivity index (χ1v) is 5.11. The van der Waals surface area contributed by atoms with Gasteiger partial charge in [-0.1, -0.05) is 11.1 Å². The third kappa shape index (κ3) is 2.43. The maximum absolute atomic E-state index is 11.1. The summed E-state index contributed by atoms with van der Waals surface area (Å²) in [5, 5.41) is 18.2. The largest absolute Gasteiger partial charge is 0.481 e. The molecule has 4 heteroatoms. The molecule has 0 aromatic rings. The fourth-order valence-electron chi connectivity index (χ4n) is 1.26. The summed E-state index contributed by atoms with van der Waals surface area (Å²) in [5.74, 6) is -1.91. The molecule has 0 saturated carbocycles. The molecule has 0 atom stereocenters. The molecule has 0 bridgehead atoms. The van der Waals surface area contributed by atoms with Gasteiger partial charge in [-0.15, -0.1) is 0 Å². The minimum atomic E-state index is -1.04. The van der Waals surface area contributed by atoms with Crippen LogP contribution in [0.25, 0.3) is 0 Å². The van der Waals surface area contributed by atoms with E-state index in [0.717, 1.165) is 0 Å². The highest BCUT2D eigenvalue weighted by atomic mass is 16.4. The van der Waals surface area contributed by atoms with Crippen molar-refractivity contribution in [3.05, 3.63) is 11.1 Å². The number of carboxylic acid groups (broad SMARTS) is 2. The van der Waals surface area contributed by atoms with Crippen LogP contribution in [0.15, 0.2) is 11.1 Å². The molecule has 0 rings (SSSR count). The number of hydrogen-bond donors (Lipinski definition) is 2. The third-order valence-corrected chi connectivity index (χ3v) is 3.51. The Morgan fingerprint density at radius 3 is 1.06 bits per heavy atom. The predicted molar refractivity (Wildman–Crippen MR) is 61.2 cm³/mol. The monoisotopic (exact) mass is 228 g/mol. The van der Waals surface area contributed by atoms with Gasteiger partial charge in [-0.25, -0.2) is 0 Å². The molecular weight excluding hydrogens is 208 g/mol. The molecule has 0 fully saturated rings. The van der Waals surface area contributed by atoms with Crippen LogP contribution in [-0.2, 0) is 9.59 Å². The number of aliphatic carboxylic acids is 2. The molecule has 0 heterocycles. The van der Waals surface area contributed by atoms with Crippen LogP contribution in [0, 0.1) is 10.8 Å². The number of hydrogen-bond acceptors (Lipinski definition) is 2. The van der Waals surface area contributed by atoms with Gasteiger partial charge < -0.3 is 10.2 Å². The van der Waals surface area contributed by atoms with Gasteiger partial charge in [-0.05, 0) is 41.5 Å². The van der Waals surface area contributed by atoms with Crippen LogP contribution < -0.4 is 0 Å². The van der Waals surface area contributed by atoms with Gasteiger partial charge in [0.15, 0.2) is 0 Å². The van der Waals surface area contributed by atoms with Gasteiger partial charge in [0.1, 0.15) is 0 Å². The first kappa shape index (κ1) is 14.7. The van der Waals surface area contributed by atoms with Crippen molar-refractivity contribution in [1.82, 2.24) is 0 Å². The van der Waals surface area contributed by atoms with Gasteiger partial charge in [0.25, 0.3) is 0 Å². The molecule has 0 unspecified atom stereocenters. The topological polar surface area (TPSA) is 74.6 Å². The van der Waals surface area contributed by atoms with E-state index in [9.17, 15) is 9.59 Å². The van der Waals surface area contributed by atoms with Crippen LogP contribution in [0.4, 0.5) is 0 Å². The van der Waals surface area contributed by atoms with Gasteiger partial charge in [0.2, 0.25) is 0 Å². The Morgan fingerprint density at radius 1 is 0.750 bits per heavy atom. The smallest absolute Gasteiger partial charge is 0.313 e. The number of carbonyl (C=O) groups is 2. The van der Waals surface area contributed by atoms with Crippen molar-refractivity contribution in [2.75, 3.05) is 0 Å². The van der Waals surface area contributed by atoms with E-state index in [1.807, 2.05) is 0 Å². The van der Waals surface area contributed by atoms with Crippen LogP contribution in [0.2, 0.25) is 0 Å². The molecule has 0 amide bonds. The summed E-state index contributed by atoms with van der Waals surface area (Å²) in [4.78, 5) is 22.2. The second-order valence-electron chi connectivity index (χ2n) is 5.11. The molecule has 0 aliphatic rings. The summed E-state index contributed by atoms with van der Waals surface area (Å²) in [5.41, 5.74) is -0.909. The van der Waals surface area contributed by atoms with Gasteiger partial charge in [0, 0.05) is 0 Å². The van der Waals surface area contributed by atoms with Crippen molar-refractivity contribution in [3.63, 3.8) is 0 Å². The van der Waals surface area contributed by atoms with Crippen molar-refractivity contribution in [2.24, 2.45) is 10.8 Å². The molecule has 0 radical (unpaired) electrons. The predicted octanol–water partition coefficient (Wildman–Crippen LogP) is 2.54. The lowest BCUT2D eigenvalue weighted by Crippen LogP contribution is -2.31. The highest BCUT2D eigenvalue weighted by molar-refractivity contribution is 5.81. The Hall–Kier alpha value is -1.32.